The standard InChI is InChI=1S/C12H11ClN2O/c13-10-4-1-5-11(7-10)16-12-9(8-14)3-2-6-15-12/h1-7H,8,14H2. The lowest BCUT2D eigenvalue weighted by molar-refractivity contribution is 0.456. The molecule has 0 fully saturated rings. The highest BCUT2D eigenvalue weighted by Crippen LogP contribution is 2.24. The average Bonchev–Trinajstić information content (AvgIpc) is 2.30. The Bertz CT molecular complexity index is 488. The van der Waals surface area contributed by atoms with Crippen molar-refractivity contribution in [2.75, 3.05) is 0 Å². The zero-order valence-corrected chi connectivity index (χ0v) is 9.32. The van der Waals surface area contributed by atoms with Gasteiger partial charge in [0.2, 0.25) is 5.88 Å². The molecule has 0 atom stereocenters. The summed E-state index contributed by atoms with van der Waals surface area (Å²) in [5.74, 6) is 1.17. The van der Waals surface area contributed by atoms with E-state index in [4.69, 9.17) is 22.1 Å². The molecule has 1 aromatic carbocycles. The van der Waals surface area contributed by atoms with Crippen LogP contribution in [-0.2, 0) is 6.54 Å². The van der Waals surface area contributed by atoms with Crippen LogP contribution < -0.4 is 10.5 Å². The number of hydrogen-bond donors (Lipinski definition) is 1. The van der Waals surface area contributed by atoms with Gasteiger partial charge in [0, 0.05) is 23.3 Å². The summed E-state index contributed by atoms with van der Waals surface area (Å²) in [6, 6.07) is 10.9. The molecule has 0 aliphatic rings. The molecule has 2 aromatic rings. The van der Waals surface area contributed by atoms with Gasteiger partial charge in [0.05, 0.1) is 0 Å². The molecule has 0 amide bonds. The highest BCUT2D eigenvalue weighted by atomic mass is 35.5. The third-order valence-corrected chi connectivity index (χ3v) is 2.32. The maximum atomic E-state index is 5.86. The number of rotatable bonds is 3. The number of nitrogens with two attached hydrogens (primary N) is 1. The second-order valence-electron chi connectivity index (χ2n) is 3.23. The summed E-state index contributed by atoms with van der Waals surface area (Å²) >= 11 is 5.86. The fourth-order valence-electron chi connectivity index (χ4n) is 1.31. The fourth-order valence-corrected chi connectivity index (χ4v) is 1.49. The molecule has 0 bridgehead atoms. The average molecular weight is 235 g/mol. The van der Waals surface area contributed by atoms with E-state index >= 15 is 0 Å². The van der Waals surface area contributed by atoms with Crippen LogP contribution >= 0.6 is 11.6 Å². The van der Waals surface area contributed by atoms with Gasteiger partial charge in [0.25, 0.3) is 0 Å². The van der Waals surface area contributed by atoms with E-state index in [-0.39, 0.29) is 0 Å². The number of benzene rings is 1. The van der Waals surface area contributed by atoms with Crippen LogP contribution in [0.1, 0.15) is 5.56 Å². The van der Waals surface area contributed by atoms with Crippen LogP contribution in [0.15, 0.2) is 42.6 Å². The minimum atomic E-state index is 0.393. The van der Waals surface area contributed by atoms with E-state index in [0.29, 0.717) is 23.2 Å². The number of aromatic nitrogens is 1. The van der Waals surface area contributed by atoms with Crippen molar-refractivity contribution < 1.29 is 4.74 Å². The molecule has 0 saturated heterocycles. The molecule has 16 heavy (non-hydrogen) atoms. The molecular formula is C12H11ClN2O. The van der Waals surface area contributed by atoms with Crippen LogP contribution in [-0.4, -0.2) is 4.98 Å². The molecule has 0 aliphatic heterocycles. The van der Waals surface area contributed by atoms with E-state index < -0.39 is 0 Å². The van der Waals surface area contributed by atoms with Gasteiger partial charge in [-0.1, -0.05) is 23.7 Å². The van der Waals surface area contributed by atoms with Crippen LogP contribution in [0.2, 0.25) is 5.02 Å². The second-order valence-corrected chi connectivity index (χ2v) is 3.67. The molecule has 0 spiro atoms. The Labute approximate surface area is 98.8 Å². The Morgan fingerprint density at radius 1 is 1.25 bits per heavy atom. The Kier molecular flexibility index (Phi) is 3.39. The summed E-state index contributed by atoms with van der Waals surface area (Å²) in [5, 5.41) is 0.628. The Hall–Kier alpha value is -1.58. The van der Waals surface area contributed by atoms with Crippen molar-refractivity contribution in [3.05, 3.63) is 53.2 Å². The predicted molar refractivity (Wildman–Crippen MR) is 63.7 cm³/mol. The molecule has 1 heterocycles. The molecule has 0 radical (unpaired) electrons. The Balaban J connectivity index is 2.26. The fraction of sp³-hybridized carbons (Fsp3) is 0.0833. The van der Waals surface area contributed by atoms with Crippen molar-refractivity contribution in [1.82, 2.24) is 4.98 Å². The van der Waals surface area contributed by atoms with Crippen LogP contribution in [0, 0.1) is 0 Å². The van der Waals surface area contributed by atoms with E-state index in [9.17, 15) is 0 Å². The topological polar surface area (TPSA) is 48.1 Å². The summed E-state index contributed by atoms with van der Waals surface area (Å²) in [6.07, 6.45) is 1.67. The first kappa shape index (κ1) is 10.9. The molecule has 3 nitrogen and oxygen atoms in total. The number of hydrogen-bond acceptors (Lipinski definition) is 3. The monoisotopic (exact) mass is 234 g/mol. The molecule has 2 N–H and O–H groups in total. The molecular weight excluding hydrogens is 224 g/mol. The largest absolute Gasteiger partial charge is 0.439 e. The van der Waals surface area contributed by atoms with Gasteiger partial charge in [0.1, 0.15) is 5.75 Å². The van der Waals surface area contributed by atoms with Gasteiger partial charge in [-0.25, -0.2) is 4.98 Å². The first-order valence-corrected chi connectivity index (χ1v) is 5.25. The van der Waals surface area contributed by atoms with Crippen molar-refractivity contribution >= 4 is 11.6 Å². The first-order chi connectivity index (χ1) is 7.79. The first-order valence-electron chi connectivity index (χ1n) is 4.87. The zero-order chi connectivity index (χ0) is 11.4. The summed E-state index contributed by atoms with van der Waals surface area (Å²) in [6.45, 7) is 0.393. The van der Waals surface area contributed by atoms with Gasteiger partial charge in [0.15, 0.2) is 0 Å². The summed E-state index contributed by atoms with van der Waals surface area (Å²) in [4.78, 5) is 4.13. The summed E-state index contributed by atoms with van der Waals surface area (Å²) in [5.41, 5.74) is 6.45. The third-order valence-electron chi connectivity index (χ3n) is 2.08. The van der Waals surface area contributed by atoms with Crippen molar-refractivity contribution in [1.29, 1.82) is 0 Å². The van der Waals surface area contributed by atoms with Gasteiger partial charge in [-0.15, -0.1) is 0 Å². The van der Waals surface area contributed by atoms with E-state index in [2.05, 4.69) is 4.98 Å². The van der Waals surface area contributed by atoms with Crippen LogP contribution in [0.25, 0.3) is 0 Å². The van der Waals surface area contributed by atoms with Gasteiger partial charge in [-0.2, -0.15) is 0 Å². The number of halogens is 1. The number of ether oxygens (including phenoxy) is 1. The molecule has 0 aliphatic carbocycles. The summed E-state index contributed by atoms with van der Waals surface area (Å²) < 4.78 is 5.61. The number of pyridine rings is 1. The second kappa shape index (κ2) is 4.96. The zero-order valence-electron chi connectivity index (χ0n) is 8.56. The van der Waals surface area contributed by atoms with E-state index in [0.717, 1.165) is 5.56 Å². The Morgan fingerprint density at radius 3 is 2.88 bits per heavy atom. The third kappa shape index (κ3) is 2.51. The van der Waals surface area contributed by atoms with Crippen molar-refractivity contribution in [3.8, 4) is 11.6 Å². The van der Waals surface area contributed by atoms with Gasteiger partial charge in [-0.3, -0.25) is 0 Å². The molecule has 2 rings (SSSR count). The maximum absolute atomic E-state index is 5.86. The molecule has 82 valence electrons. The molecule has 4 heteroatoms. The summed E-state index contributed by atoms with van der Waals surface area (Å²) in [7, 11) is 0. The lowest BCUT2D eigenvalue weighted by atomic mass is 10.3. The van der Waals surface area contributed by atoms with E-state index in [1.54, 1.807) is 18.3 Å². The van der Waals surface area contributed by atoms with Crippen molar-refractivity contribution in [3.63, 3.8) is 0 Å². The van der Waals surface area contributed by atoms with Crippen molar-refractivity contribution in [2.45, 2.75) is 6.54 Å². The number of nitrogens with zero attached hydrogens (tertiary/aromatic N) is 1. The highest BCUT2D eigenvalue weighted by molar-refractivity contribution is 6.30. The van der Waals surface area contributed by atoms with Crippen molar-refractivity contribution in [2.24, 2.45) is 5.73 Å². The molecule has 0 unspecified atom stereocenters. The highest BCUT2D eigenvalue weighted by Gasteiger charge is 2.04. The van der Waals surface area contributed by atoms with Gasteiger partial charge in [-0.05, 0) is 24.3 Å². The lowest BCUT2D eigenvalue weighted by Crippen LogP contribution is -2.00. The predicted octanol–water partition coefficient (Wildman–Crippen LogP) is 2.99. The van der Waals surface area contributed by atoms with E-state index in [1.807, 2.05) is 24.3 Å². The SMILES string of the molecule is NCc1cccnc1Oc1cccc(Cl)c1. The minimum Gasteiger partial charge on any atom is -0.439 e. The van der Waals surface area contributed by atoms with Crippen LogP contribution in [0.3, 0.4) is 0 Å². The normalized spacial score (nSPS) is 10.1. The lowest BCUT2D eigenvalue weighted by Gasteiger charge is -2.08. The van der Waals surface area contributed by atoms with E-state index in [1.165, 1.54) is 0 Å². The minimum absolute atomic E-state index is 0.393. The Morgan fingerprint density at radius 2 is 2.12 bits per heavy atom. The van der Waals surface area contributed by atoms with Crippen LogP contribution in [0.4, 0.5) is 0 Å². The van der Waals surface area contributed by atoms with Crippen LogP contribution in [0.5, 0.6) is 11.6 Å². The van der Waals surface area contributed by atoms with Gasteiger partial charge >= 0.3 is 0 Å². The maximum Gasteiger partial charge on any atom is 0.223 e. The smallest absolute Gasteiger partial charge is 0.223 e. The molecule has 0 saturated carbocycles. The molecule has 1 aromatic heterocycles. The quantitative estimate of drug-likeness (QED) is 0.888. The van der Waals surface area contributed by atoms with Gasteiger partial charge < -0.3 is 10.5 Å².